The molecule has 1 aliphatic heterocycles. The molecule has 0 aliphatic carbocycles. The molecule has 1 aliphatic rings. The fourth-order valence-electron chi connectivity index (χ4n) is 3.00. The minimum atomic E-state index is 0.174. The van der Waals surface area contributed by atoms with Crippen molar-refractivity contribution in [1.82, 2.24) is 9.97 Å². The molecular weight excluding hydrogens is 308 g/mol. The molecule has 3 rings (SSSR count). The predicted octanol–water partition coefficient (Wildman–Crippen LogP) is 3.99. The highest BCUT2D eigenvalue weighted by Crippen LogP contribution is 2.40. The lowest BCUT2D eigenvalue weighted by molar-refractivity contribution is -0.00522. The van der Waals surface area contributed by atoms with E-state index in [1.807, 2.05) is 26.0 Å². The molecule has 0 aromatic carbocycles. The third-order valence-corrected chi connectivity index (χ3v) is 4.89. The Morgan fingerprint density at radius 3 is 2.35 bits per heavy atom. The van der Waals surface area contributed by atoms with Gasteiger partial charge in [-0.05, 0) is 45.4 Å². The maximum absolute atomic E-state index is 7.46. The number of nitrogens with zero attached hydrogens (tertiary/aromatic N) is 4. The molecule has 5 nitrogen and oxygen atoms in total. The molecule has 2 atom stereocenters. The van der Waals surface area contributed by atoms with Crippen molar-refractivity contribution in [3.63, 3.8) is 0 Å². The number of thiazole rings is 1. The highest BCUT2D eigenvalue weighted by molar-refractivity contribution is 7.19. The molecule has 0 spiro atoms. The van der Waals surface area contributed by atoms with E-state index in [2.05, 4.69) is 33.6 Å². The summed E-state index contributed by atoms with van der Waals surface area (Å²) in [6.07, 6.45) is 0.348. The first kappa shape index (κ1) is 15.9. The van der Waals surface area contributed by atoms with Gasteiger partial charge in [0.05, 0.1) is 17.1 Å². The van der Waals surface area contributed by atoms with Crippen molar-refractivity contribution in [3.05, 3.63) is 34.9 Å². The monoisotopic (exact) mass is 328 g/mol. The molecule has 0 N–H and O–H groups in total. The Balaban J connectivity index is 1.99. The maximum atomic E-state index is 7.46. The van der Waals surface area contributed by atoms with Crippen LogP contribution < -0.4 is 4.90 Å². The fourth-order valence-corrected chi connectivity index (χ4v) is 4.01. The lowest BCUT2D eigenvalue weighted by Crippen LogP contribution is -2.45. The number of hydrogen-bond donors (Lipinski definition) is 0. The summed E-state index contributed by atoms with van der Waals surface area (Å²) >= 11 is 1.58. The van der Waals surface area contributed by atoms with E-state index in [1.54, 1.807) is 11.3 Å². The van der Waals surface area contributed by atoms with Crippen LogP contribution in [0.5, 0.6) is 0 Å². The Bertz CT molecular complexity index is 734. The molecule has 23 heavy (non-hydrogen) atoms. The molecule has 0 radical (unpaired) electrons. The average molecular weight is 328 g/mol. The van der Waals surface area contributed by atoms with Gasteiger partial charge in [0.2, 0.25) is 0 Å². The summed E-state index contributed by atoms with van der Waals surface area (Å²) in [5.41, 5.74) is 2.94. The Hall–Kier alpha value is -1.97. The molecule has 0 unspecified atom stereocenters. The molecular formula is C17H20N4OS. The minimum Gasteiger partial charge on any atom is -0.372 e. The summed E-state index contributed by atoms with van der Waals surface area (Å²) in [6, 6.07) is 4.03. The van der Waals surface area contributed by atoms with Gasteiger partial charge in [0.1, 0.15) is 0 Å². The van der Waals surface area contributed by atoms with E-state index in [-0.39, 0.29) is 12.2 Å². The zero-order chi connectivity index (χ0) is 16.6. The SMILES string of the molecule is [C-]#[N+]c1nc(N2C[C@@H](C)O[C@@H](C)C2)sc1-c1cc(C)nc(C)c1. The van der Waals surface area contributed by atoms with E-state index in [0.717, 1.165) is 40.0 Å². The summed E-state index contributed by atoms with van der Waals surface area (Å²) in [5, 5.41) is 0.903. The van der Waals surface area contributed by atoms with Crippen LogP contribution in [-0.4, -0.2) is 35.3 Å². The van der Waals surface area contributed by atoms with E-state index >= 15 is 0 Å². The summed E-state index contributed by atoms with van der Waals surface area (Å²) in [4.78, 5) is 15.8. The molecule has 0 amide bonds. The molecule has 3 heterocycles. The zero-order valence-corrected chi connectivity index (χ0v) is 14.6. The van der Waals surface area contributed by atoms with Crippen LogP contribution >= 0.6 is 11.3 Å². The third kappa shape index (κ3) is 3.36. The van der Waals surface area contributed by atoms with Crippen LogP contribution in [0, 0.1) is 20.4 Å². The summed E-state index contributed by atoms with van der Waals surface area (Å²) in [7, 11) is 0. The molecule has 1 saturated heterocycles. The quantitative estimate of drug-likeness (QED) is 0.782. The first-order valence-electron chi connectivity index (χ1n) is 7.70. The van der Waals surface area contributed by atoms with Crippen LogP contribution in [0.15, 0.2) is 12.1 Å². The highest BCUT2D eigenvalue weighted by atomic mass is 32.1. The van der Waals surface area contributed by atoms with Gasteiger partial charge in [-0.2, -0.15) is 0 Å². The molecule has 0 saturated carbocycles. The second-order valence-corrected chi connectivity index (χ2v) is 7.04. The van der Waals surface area contributed by atoms with Crippen molar-refractivity contribution in [2.45, 2.75) is 39.9 Å². The minimum absolute atomic E-state index is 0.174. The maximum Gasteiger partial charge on any atom is 0.290 e. The van der Waals surface area contributed by atoms with Gasteiger partial charge in [-0.3, -0.25) is 4.98 Å². The average Bonchev–Trinajstić information content (AvgIpc) is 2.89. The van der Waals surface area contributed by atoms with Gasteiger partial charge in [0, 0.05) is 24.5 Å². The molecule has 2 aromatic rings. The van der Waals surface area contributed by atoms with Crippen LogP contribution in [0.1, 0.15) is 25.2 Å². The van der Waals surface area contributed by atoms with Crippen molar-refractivity contribution >= 4 is 22.3 Å². The number of ether oxygens (including phenoxy) is 1. The molecule has 120 valence electrons. The largest absolute Gasteiger partial charge is 0.372 e. The van der Waals surface area contributed by atoms with Gasteiger partial charge in [-0.1, -0.05) is 22.9 Å². The van der Waals surface area contributed by atoms with Crippen molar-refractivity contribution in [3.8, 4) is 10.4 Å². The molecule has 6 heteroatoms. The van der Waals surface area contributed by atoms with E-state index in [0.29, 0.717) is 5.82 Å². The van der Waals surface area contributed by atoms with Gasteiger partial charge in [0.15, 0.2) is 0 Å². The molecule has 1 fully saturated rings. The van der Waals surface area contributed by atoms with Crippen molar-refractivity contribution < 1.29 is 4.74 Å². The highest BCUT2D eigenvalue weighted by Gasteiger charge is 2.28. The molecule has 2 aromatic heterocycles. The van der Waals surface area contributed by atoms with E-state index in [9.17, 15) is 0 Å². The first-order valence-corrected chi connectivity index (χ1v) is 8.52. The summed E-state index contributed by atoms with van der Waals surface area (Å²) in [6.45, 7) is 17.2. The zero-order valence-electron chi connectivity index (χ0n) is 13.8. The number of rotatable bonds is 2. The number of pyridine rings is 1. The third-order valence-electron chi connectivity index (χ3n) is 3.74. The van der Waals surface area contributed by atoms with Crippen LogP contribution in [0.4, 0.5) is 10.9 Å². The van der Waals surface area contributed by atoms with Crippen LogP contribution in [0.2, 0.25) is 0 Å². The van der Waals surface area contributed by atoms with Crippen LogP contribution in [0.3, 0.4) is 0 Å². The predicted molar refractivity (Wildman–Crippen MR) is 93.3 cm³/mol. The lowest BCUT2D eigenvalue weighted by Gasteiger charge is -2.33. The van der Waals surface area contributed by atoms with Crippen LogP contribution in [0.25, 0.3) is 15.3 Å². The first-order chi connectivity index (χ1) is 11.0. The van der Waals surface area contributed by atoms with E-state index in [4.69, 9.17) is 11.3 Å². The Kier molecular flexibility index (Phi) is 4.33. The summed E-state index contributed by atoms with van der Waals surface area (Å²) < 4.78 is 5.78. The Labute approximate surface area is 140 Å². The van der Waals surface area contributed by atoms with Gasteiger partial charge in [0.25, 0.3) is 10.9 Å². The number of anilines is 1. The Morgan fingerprint density at radius 1 is 1.17 bits per heavy atom. The molecule has 0 bridgehead atoms. The van der Waals surface area contributed by atoms with Crippen molar-refractivity contribution in [2.24, 2.45) is 0 Å². The number of aryl methyl sites for hydroxylation is 2. The van der Waals surface area contributed by atoms with E-state index in [1.165, 1.54) is 0 Å². The number of morpholine rings is 1. The second kappa shape index (κ2) is 6.26. The summed E-state index contributed by atoms with van der Waals surface area (Å²) in [5.74, 6) is 0.474. The lowest BCUT2D eigenvalue weighted by atomic mass is 10.1. The topological polar surface area (TPSA) is 42.6 Å². The van der Waals surface area contributed by atoms with Gasteiger partial charge >= 0.3 is 0 Å². The van der Waals surface area contributed by atoms with Gasteiger partial charge < -0.3 is 14.5 Å². The van der Waals surface area contributed by atoms with E-state index < -0.39 is 0 Å². The fraction of sp³-hybridized carbons (Fsp3) is 0.471. The van der Waals surface area contributed by atoms with Crippen molar-refractivity contribution in [1.29, 1.82) is 0 Å². The van der Waals surface area contributed by atoms with Gasteiger partial charge in [-0.15, -0.1) is 0 Å². The smallest absolute Gasteiger partial charge is 0.290 e. The normalized spacial score (nSPS) is 21.3. The second-order valence-electron chi connectivity index (χ2n) is 6.06. The van der Waals surface area contributed by atoms with Crippen LogP contribution in [-0.2, 0) is 4.74 Å². The van der Waals surface area contributed by atoms with Crippen molar-refractivity contribution in [2.75, 3.05) is 18.0 Å². The standard InChI is InChI=1S/C17H20N4OS/c1-10-6-14(7-11(2)19-10)15-16(18-5)20-17(23-15)21-8-12(3)22-13(4)9-21/h6-7,12-13H,8-9H2,1-4H3/t12-,13+. The number of hydrogen-bond acceptors (Lipinski definition) is 5. The number of aromatic nitrogens is 2. The van der Waals surface area contributed by atoms with Gasteiger partial charge in [-0.25, -0.2) is 0 Å². The Morgan fingerprint density at radius 2 is 1.78 bits per heavy atom.